The number of H-pyrrole nitrogens is 1. The summed E-state index contributed by atoms with van der Waals surface area (Å²) in [5, 5.41) is 6.52. The molecule has 96 valence electrons. The molecular weight excluding hydrogens is 367 g/mol. The lowest BCUT2D eigenvalue weighted by molar-refractivity contribution is 0.600. The van der Waals surface area contributed by atoms with E-state index in [0.29, 0.717) is 11.4 Å². The molecule has 0 radical (unpaired) electrons. The van der Waals surface area contributed by atoms with Crippen molar-refractivity contribution < 1.29 is 8.42 Å². The van der Waals surface area contributed by atoms with E-state index in [1.54, 1.807) is 32.2 Å². The van der Waals surface area contributed by atoms with Crippen LogP contribution in [0.1, 0.15) is 11.4 Å². The Kier molecular flexibility index (Phi) is 3.57. The van der Waals surface area contributed by atoms with E-state index < -0.39 is 10.0 Å². The summed E-state index contributed by atoms with van der Waals surface area (Å²) in [7, 11) is -3.65. The van der Waals surface area contributed by atoms with E-state index in [-0.39, 0.29) is 10.7 Å². The van der Waals surface area contributed by atoms with Gasteiger partial charge in [-0.3, -0.25) is 9.82 Å². The summed E-state index contributed by atoms with van der Waals surface area (Å²) in [6.45, 7) is 3.30. The molecule has 0 amide bonds. The van der Waals surface area contributed by atoms with Crippen molar-refractivity contribution in [2.75, 3.05) is 4.72 Å². The van der Waals surface area contributed by atoms with Crippen molar-refractivity contribution >= 4 is 38.4 Å². The summed E-state index contributed by atoms with van der Waals surface area (Å²) in [4.78, 5) is 4.17. The summed E-state index contributed by atoms with van der Waals surface area (Å²) in [5.74, 6) is 0.287. The van der Waals surface area contributed by atoms with Crippen molar-refractivity contribution in [3.05, 3.63) is 33.3 Å². The standard InChI is InChI=1S/C10H11IN4O2S/c1-6-10(7(2)14-13-6)18(16,17)15-9-4-3-8(11)5-12-9/h3-5H,1-2H3,(H,12,15)(H,13,14). The first-order chi connectivity index (χ1) is 8.40. The highest BCUT2D eigenvalue weighted by Gasteiger charge is 2.22. The van der Waals surface area contributed by atoms with Crippen molar-refractivity contribution in [1.82, 2.24) is 15.2 Å². The molecule has 0 saturated heterocycles. The van der Waals surface area contributed by atoms with Crippen molar-refractivity contribution in [2.45, 2.75) is 18.7 Å². The first-order valence-electron chi connectivity index (χ1n) is 5.06. The number of nitrogens with one attached hydrogen (secondary N) is 2. The Morgan fingerprint density at radius 2 is 2.06 bits per heavy atom. The summed E-state index contributed by atoms with van der Waals surface area (Å²) in [5.41, 5.74) is 0.941. The number of aromatic amines is 1. The number of rotatable bonds is 3. The molecule has 2 aromatic rings. The predicted octanol–water partition coefficient (Wildman–Crippen LogP) is 1.83. The fraction of sp³-hybridized carbons (Fsp3) is 0.200. The van der Waals surface area contributed by atoms with Crippen LogP contribution < -0.4 is 4.72 Å². The average molecular weight is 378 g/mol. The van der Waals surface area contributed by atoms with Gasteiger partial charge in [0.25, 0.3) is 10.0 Å². The zero-order valence-electron chi connectivity index (χ0n) is 9.73. The zero-order chi connectivity index (χ0) is 13.3. The van der Waals surface area contributed by atoms with Gasteiger partial charge in [-0.1, -0.05) is 0 Å². The molecule has 0 spiro atoms. The largest absolute Gasteiger partial charge is 0.281 e. The third kappa shape index (κ3) is 2.64. The van der Waals surface area contributed by atoms with Crippen LogP contribution in [-0.2, 0) is 10.0 Å². The van der Waals surface area contributed by atoms with Gasteiger partial charge < -0.3 is 0 Å². The molecule has 2 aromatic heterocycles. The molecule has 0 bridgehead atoms. The van der Waals surface area contributed by atoms with E-state index in [1.165, 1.54) is 0 Å². The second kappa shape index (κ2) is 4.84. The van der Waals surface area contributed by atoms with Crippen molar-refractivity contribution in [1.29, 1.82) is 0 Å². The molecule has 0 atom stereocenters. The first-order valence-corrected chi connectivity index (χ1v) is 7.62. The highest BCUT2D eigenvalue weighted by Crippen LogP contribution is 2.19. The van der Waals surface area contributed by atoms with Gasteiger partial charge in [0, 0.05) is 9.77 Å². The summed E-state index contributed by atoms with van der Waals surface area (Å²) >= 11 is 2.10. The van der Waals surface area contributed by atoms with Crippen LogP contribution in [0.3, 0.4) is 0 Å². The van der Waals surface area contributed by atoms with Crippen molar-refractivity contribution in [2.24, 2.45) is 0 Å². The first kappa shape index (κ1) is 13.3. The topological polar surface area (TPSA) is 87.7 Å². The van der Waals surface area contributed by atoms with E-state index in [0.717, 1.165) is 3.57 Å². The zero-order valence-corrected chi connectivity index (χ0v) is 12.7. The minimum atomic E-state index is -3.65. The van der Waals surface area contributed by atoms with Gasteiger partial charge in [0.05, 0.1) is 11.4 Å². The second-order valence-electron chi connectivity index (χ2n) is 3.73. The minimum absolute atomic E-state index is 0.169. The van der Waals surface area contributed by atoms with E-state index in [4.69, 9.17) is 0 Å². The number of halogens is 1. The molecule has 0 aliphatic heterocycles. The molecule has 2 heterocycles. The molecular formula is C10H11IN4O2S. The Balaban J connectivity index is 2.36. The van der Waals surface area contributed by atoms with Gasteiger partial charge in [0.1, 0.15) is 10.7 Å². The van der Waals surface area contributed by atoms with Gasteiger partial charge in [-0.2, -0.15) is 5.10 Å². The Morgan fingerprint density at radius 1 is 1.33 bits per heavy atom. The molecule has 0 unspecified atom stereocenters. The van der Waals surface area contributed by atoms with Gasteiger partial charge in [-0.25, -0.2) is 13.4 Å². The quantitative estimate of drug-likeness (QED) is 0.798. The Morgan fingerprint density at radius 3 is 2.56 bits per heavy atom. The number of hydrogen-bond acceptors (Lipinski definition) is 4. The van der Waals surface area contributed by atoms with Crippen LogP contribution >= 0.6 is 22.6 Å². The fourth-order valence-corrected chi connectivity index (χ4v) is 3.26. The van der Waals surface area contributed by atoms with Crippen molar-refractivity contribution in [3.8, 4) is 0 Å². The maximum atomic E-state index is 12.2. The van der Waals surface area contributed by atoms with Crippen LogP contribution in [0, 0.1) is 17.4 Å². The lowest BCUT2D eigenvalue weighted by Crippen LogP contribution is -2.15. The minimum Gasteiger partial charge on any atom is -0.281 e. The fourth-order valence-electron chi connectivity index (χ4n) is 1.56. The Bertz CT molecular complexity index is 644. The van der Waals surface area contributed by atoms with E-state index in [1.807, 2.05) is 0 Å². The lowest BCUT2D eigenvalue weighted by atomic mass is 10.4. The average Bonchev–Trinajstić information content (AvgIpc) is 2.62. The smallest absolute Gasteiger partial charge is 0.266 e. The van der Waals surface area contributed by atoms with Gasteiger partial charge in [-0.15, -0.1) is 0 Å². The Labute approximate surface area is 118 Å². The number of sulfonamides is 1. The maximum absolute atomic E-state index is 12.2. The number of anilines is 1. The molecule has 2 N–H and O–H groups in total. The van der Waals surface area contributed by atoms with E-state index in [2.05, 4.69) is 42.5 Å². The van der Waals surface area contributed by atoms with Crippen LogP contribution in [-0.4, -0.2) is 23.6 Å². The monoisotopic (exact) mass is 378 g/mol. The lowest BCUT2D eigenvalue weighted by Gasteiger charge is -2.07. The van der Waals surface area contributed by atoms with Crippen LogP contribution in [0.5, 0.6) is 0 Å². The van der Waals surface area contributed by atoms with Crippen molar-refractivity contribution in [3.63, 3.8) is 0 Å². The van der Waals surface area contributed by atoms with Gasteiger partial charge >= 0.3 is 0 Å². The number of nitrogens with zero attached hydrogens (tertiary/aromatic N) is 2. The maximum Gasteiger partial charge on any atom is 0.266 e. The van der Waals surface area contributed by atoms with Gasteiger partial charge in [0.15, 0.2) is 0 Å². The number of aromatic nitrogens is 3. The van der Waals surface area contributed by atoms with Crippen LogP contribution in [0.2, 0.25) is 0 Å². The SMILES string of the molecule is Cc1n[nH]c(C)c1S(=O)(=O)Nc1ccc(I)cn1. The van der Waals surface area contributed by atoms with E-state index in [9.17, 15) is 8.42 Å². The molecule has 0 fully saturated rings. The van der Waals surface area contributed by atoms with Gasteiger partial charge in [0.2, 0.25) is 0 Å². The molecule has 2 rings (SSSR count). The van der Waals surface area contributed by atoms with Crippen LogP contribution in [0.25, 0.3) is 0 Å². The molecule has 8 heteroatoms. The van der Waals surface area contributed by atoms with Crippen LogP contribution in [0.4, 0.5) is 5.82 Å². The Hall–Kier alpha value is -1.16. The molecule has 0 saturated carbocycles. The normalized spacial score (nSPS) is 11.5. The molecule has 0 aliphatic carbocycles. The highest BCUT2D eigenvalue weighted by molar-refractivity contribution is 14.1. The highest BCUT2D eigenvalue weighted by atomic mass is 127. The second-order valence-corrected chi connectivity index (χ2v) is 6.60. The molecule has 0 aromatic carbocycles. The number of hydrogen-bond donors (Lipinski definition) is 2. The summed E-state index contributed by atoms with van der Waals surface area (Å²) in [6.07, 6.45) is 1.59. The molecule has 0 aliphatic rings. The van der Waals surface area contributed by atoms with Gasteiger partial charge in [-0.05, 0) is 48.6 Å². The predicted molar refractivity (Wildman–Crippen MR) is 75.8 cm³/mol. The summed E-state index contributed by atoms with van der Waals surface area (Å²) < 4.78 is 27.7. The number of aryl methyl sites for hydroxylation is 2. The van der Waals surface area contributed by atoms with E-state index >= 15 is 0 Å². The molecule has 18 heavy (non-hydrogen) atoms. The third-order valence-corrected chi connectivity index (χ3v) is 4.55. The molecule has 6 nitrogen and oxygen atoms in total. The number of pyridine rings is 1. The third-order valence-electron chi connectivity index (χ3n) is 2.30. The summed E-state index contributed by atoms with van der Waals surface area (Å²) in [6, 6.07) is 3.39. The van der Waals surface area contributed by atoms with Crippen LogP contribution in [0.15, 0.2) is 23.2 Å².